The molecule has 106 valence electrons. The third kappa shape index (κ3) is 2.45. The quantitative estimate of drug-likeness (QED) is 0.928. The minimum absolute atomic E-state index is 0.0299. The summed E-state index contributed by atoms with van der Waals surface area (Å²) >= 11 is 0. The maximum absolute atomic E-state index is 12.1. The smallest absolute Gasteiger partial charge is 0.289 e. The standard InChI is InChI=1S/C14H18N4O2/c1-2-12-15-13(17-16-12)10-5-7-18(8-6-10)14(19)11-4-3-9-20-11/h3-4,9-10H,2,5-8H2,1H3,(H,15,16,17). The number of nitrogens with zero attached hydrogens (tertiary/aromatic N) is 3. The molecule has 0 radical (unpaired) electrons. The van der Waals surface area contributed by atoms with Crippen molar-refractivity contribution in [1.82, 2.24) is 20.1 Å². The monoisotopic (exact) mass is 274 g/mol. The van der Waals surface area contributed by atoms with Crippen molar-refractivity contribution in [3.8, 4) is 0 Å². The van der Waals surface area contributed by atoms with Gasteiger partial charge in [0.2, 0.25) is 0 Å². The van der Waals surface area contributed by atoms with Gasteiger partial charge in [0.25, 0.3) is 5.91 Å². The molecule has 3 rings (SSSR count). The number of aromatic amines is 1. The summed E-state index contributed by atoms with van der Waals surface area (Å²) in [6, 6.07) is 3.44. The van der Waals surface area contributed by atoms with Gasteiger partial charge in [0, 0.05) is 25.4 Å². The SMILES string of the molecule is CCc1nc(C2CCN(C(=O)c3ccco3)CC2)n[nH]1. The molecule has 0 aromatic carbocycles. The van der Waals surface area contributed by atoms with E-state index < -0.39 is 0 Å². The van der Waals surface area contributed by atoms with Crippen molar-refractivity contribution < 1.29 is 9.21 Å². The Bertz CT molecular complexity index is 568. The highest BCUT2D eigenvalue weighted by Crippen LogP contribution is 2.26. The van der Waals surface area contributed by atoms with Gasteiger partial charge in [-0.05, 0) is 25.0 Å². The molecule has 0 unspecified atom stereocenters. The third-order valence-corrected chi connectivity index (χ3v) is 3.76. The van der Waals surface area contributed by atoms with Gasteiger partial charge in [0.05, 0.1) is 6.26 Å². The maximum atomic E-state index is 12.1. The van der Waals surface area contributed by atoms with Crippen LogP contribution in [0.5, 0.6) is 0 Å². The van der Waals surface area contributed by atoms with Crippen molar-refractivity contribution >= 4 is 5.91 Å². The first-order valence-electron chi connectivity index (χ1n) is 7.02. The lowest BCUT2D eigenvalue weighted by atomic mass is 9.96. The number of piperidine rings is 1. The number of aromatic nitrogens is 3. The second-order valence-electron chi connectivity index (χ2n) is 5.04. The van der Waals surface area contributed by atoms with Crippen LogP contribution >= 0.6 is 0 Å². The van der Waals surface area contributed by atoms with Gasteiger partial charge in [0.1, 0.15) is 5.82 Å². The van der Waals surface area contributed by atoms with Crippen molar-refractivity contribution in [3.05, 3.63) is 35.8 Å². The summed E-state index contributed by atoms with van der Waals surface area (Å²) in [5, 5.41) is 7.22. The lowest BCUT2D eigenvalue weighted by Crippen LogP contribution is -2.37. The van der Waals surface area contributed by atoms with Crippen LogP contribution in [0.1, 0.15) is 47.9 Å². The molecule has 0 bridgehead atoms. The van der Waals surface area contributed by atoms with Crippen LogP contribution in [0, 0.1) is 0 Å². The van der Waals surface area contributed by atoms with Crippen molar-refractivity contribution in [2.24, 2.45) is 0 Å². The molecule has 20 heavy (non-hydrogen) atoms. The Hall–Kier alpha value is -2.11. The summed E-state index contributed by atoms with van der Waals surface area (Å²) in [6.45, 7) is 3.50. The van der Waals surface area contributed by atoms with Gasteiger partial charge in [-0.25, -0.2) is 4.98 Å². The molecule has 1 aliphatic rings. The Balaban J connectivity index is 1.60. The minimum Gasteiger partial charge on any atom is -0.459 e. The van der Waals surface area contributed by atoms with Crippen molar-refractivity contribution in [1.29, 1.82) is 0 Å². The first-order chi connectivity index (χ1) is 9.78. The molecule has 1 aliphatic heterocycles. The van der Waals surface area contributed by atoms with Gasteiger partial charge in [-0.1, -0.05) is 6.92 Å². The number of amides is 1. The fourth-order valence-electron chi connectivity index (χ4n) is 2.55. The average molecular weight is 274 g/mol. The molecule has 6 heteroatoms. The molecule has 1 N–H and O–H groups in total. The lowest BCUT2D eigenvalue weighted by Gasteiger charge is -2.30. The van der Waals surface area contributed by atoms with Crippen LogP contribution < -0.4 is 0 Å². The Morgan fingerprint density at radius 2 is 2.30 bits per heavy atom. The number of carbonyl (C=O) groups is 1. The summed E-state index contributed by atoms with van der Waals surface area (Å²) in [5.41, 5.74) is 0. The fraction of sp³-hybridized carbons (Fsp3) is 0.500. The molecule has 2 aromatic rings. The number of carbonyl (C=O) groups excluding carboxylic acids is 1. The largest absolute Gasteiger partial charge is 0.459 e. The molecule has 6 nitrogen and oxygen atoms in total. The van der Waals surface area contributed by atoms with E-state index in [2.05, 4.69) is 22.1 Å². The molecular formula is C14H18N4O2. The highest BCUT2D eigenvalue weighted by Gasteiger charge is 2.27. The van der Waals surface area contributed by atoms with E-state index in [4.69, 9.17) is 4.42 Å². The molecule has 3 heterocycles. The molecular weight excluding hydrogens is 256 g/mol. The zero-order valence-corrected chi connectivity index (χ0v) is 11.5. The molecule has 0 aliphatic carbocycles. The van der Waals surface area contributed by atoms with Crippen LogP contribution in [-0.4, -0.2) is 39.1 Å². The van der Waals surface area contributed by atoms with Crippen LogP contribution in [0.4, 0.5) is 0 Å². The average Bonchev–Trinajstić information content (AvgIpc) is 3.18. The predicted molar refractivity (Wildman–Crippen MR) is 72.3 cm³/mol. The highest BCUT2D eigenvalue weighted by atomic mass is 16.3. The molecule has 2 aromatic heterocycles. The Morgan fingerprint density at radius 1 is 1.50 bits per heavy atom. The van der Waals surface area contributed by atoms with Crippen molar-refractivity contribution in [2.45, 2.75) is 32.1 Å². The van der Waals surface area contributed by atoms with Gasteiger partial charge in [0.15, 0.2) is 11.6 Å². The fourth-order valence-corrected chi connectivity index (χ4v) is 2.55. The molecule has 1 saturated heterocycles. The number of hydrogen-bond donors (Lipinski definition) is 1. The summed E-state index contributed by atoms with van der Waals surface area (Å²) < 4.78 is 5.16. The summed E-state index contributed by atoms with van der Waals surface area (Å²) in [4.78, 5) is 18.5. The van der Waals surface area contributed by atoms with E-state index in [0.29, 0.717) is 11.7 Å². The van der Waals surface area contributed by atoms with Gasteiger partial charge in [-0.2, -0.15) is 5.10 Å². The first-order valence-corrected chi connectivity index (χ1v) is 7.02. The zero-order valence-electron chi connectivity index (χ0n) is 11.5. The minimum atomic E-state index is -0.0299. The number of nitrogens with one attached hydrogen (secondary N) is 1. The third-order valence-electron chi connectivity index (χ3n) is 3.76. The van der Waals surface area contributed by atoms with Gasteiger partial charge < -0.3 is 9.32 Å². The van der Waals surface area contributed by atoms with Crippen LogP contribution in [0.25, 0.3) is 0 Å². The number of rotatable bonds is 3. The number of hydrogen-bond acceptors (Lipinski definition) is 4. The van der Waals surface area contributed by atoms with E-state index in [-0.39, 0.29) is 5.91 Å². The highest BCUT2D eigenvalue weighted by molar-refractivity contribution is 5.91. The number of furan rings is 1. The van der Waals surface area contributed by atoms with Gasteiger partial charge >= 0.3 is 0 Å². The first kappa shape index (κ1) is 12.9. The Labute approximate surface area is 117 Å². The summed E-state index contributed by atoms with van der Waals surface area (Å²) in [6.07, 6.45) is 4.18. The van der Waals surface area contributed by atoms with Crippen LogP contribution in [0.15, 0.2) is 22.8 Å². The normalized spacial score (nSPS) is 16.6. The molecule has 0 spiro atoms. The van der Waals surface area contributed by atoms with Crippen LogP contribution in [-0.2, 0) is 6.42 Å². The molecule has 1 fully saturated rings. The second kappa shape index (κ2) is 5.48. The number of aryl methyl sites for hydroxylation is 1. The van der Waals surface area contributed by atoms with Crippen molar-refractivity contribution in [3.63, 3.8) is 0 Å². The second-order valence-corrected chi connectivity index (χ2v) is 5.04. The Morgan fingerprint density at radius 3 is 2.90 bits per heavy atom. The van der Waals surface area contributed by atoms with Crippen LogP contribution in [0.3, 0.4) is 0 Å². The van der Waals surface area contributed by atoms with Crippen molar-refractivity contribution in [2.75, 3.05) is 13.1 Å². The molecule has 0 atom stereocenters. The summed E-state index contributed by atoms with van der Waals surface area (Å²) in [7, 11) is 0. The lowest BCUT2D eigenvalue weighted by molar-refractivity contribution is 0.0679. The van der Waals surface area contributed by atoms with Crippen LogP contribution in [0.2, 0.25) is 0 Å². The topological polar surface area (TPSA) is 75.0 Å². The van der Waals surface area contributed by atoms with E-state index in [0.717, 1.165) is 44.0 Å². The number of likely N-dealkylation sites (tertiary alicyclic amines) is 1. The molecule has 1 amide bonds. The number of H-pyrrole nitrogens is 1. The Kier molecular flexibility index (Phi) is 3.54. The maximum Gasteiger partial charge on any atom is 0.289 e. The van der Waals surface area contributed by atoms with E-state index in [1.54, 1.807) is 12.1 Å². The van der Waals surface area contributed by atoms with E-state index in [1.807, 2.05) is 4.90 Å². The van der Waals surface area contributed by atoms with Gasteiger partial charge in [-0.3, -0.25) is 9.89 Å². The van der Waals surface area contributed by atoms with E-state index in [1.165, 1.54) is 6.26 Å². The predicted octanol–water partition coefficient (Wildman–Crippen LogP) is 1.98. The molecule has 0 saturated carbocycles. The van der Waals surface area contributed by atoms with E-state index in [9.17, 15) is 4.79 Å². The van der Waals surface area contributed by atoms with Gasteiger partial charge in [-0.15, -0.1) is 0 Å². The summed E-state index contributed by atoms with van der Waals surface area (Å²) in [5.74, 6) is 2.53. The zero-order chi connectivity index (χ0) is 13.9. The van der Waals surface area contributed by atoms with E-state index >= 15 is 0 Å².